The monoisotopic (exact) mass is 484 g/mol. The number of aliphatic hydroxyl groups is 1. The Balaban J connectivity index is 1.62. The summed E-state index contributed by atoms with van der Waals surface area (Å²) in [5.74, 6) is 0.666. The van der Waals surface area contributed by atoms with Gasteiger partial charge in [0.1, 0.15) is 24.2 Å². The zero-order valence-electron chi connectivity index (χ0n) is 18.0. The van der Waals surface area contributed by atoms with Gasteiger partial charge in [-0.15, -0.1) is 0 Å². The second kappa shape index (κ2) is 9.81. The molecule has 176 valence electrons. The van der Waals surface area contributed by atoms with Crippen LogP contribution in [0.15, 0.2) is 63.2 Å². The number of H-pyrrole nitrogens is 1. The molecular formula is C22H21ClN6O5. The normalized spacial score (nSPS) is 12.3. The van der Waals surface area contributed by atoms with Crippen LogP contribution in [0.3, 0.4) is 0 Å². The Labute approximate surface area is 197 Å². The predicted octanol–water partition coefficient (Wildman–Crippen LogP) is 1.67. The number of aliphatic hydroxyl groups excluding tert-OH is 1. The summed E-state index contributed by atoms with van der Waals surface area (Å²) in [5, 5.41) is 25.1. The summed E-state index contributed by atoms with van der Waals surface area (Å²) in [6.07, 6.45) is 0.343. The first-order chi connectivity index (χ1) is 16.3. The molecule has 0 aliphatic heterocycles. The first-order valence-corrected chi connectivity index (χ1v) is 10.5. The van der Waals surface area contributed by atoms with Gasteiger partial charge in [0.25, 0.3) is 5.56 Å². The molecule has 4 rings (SSSR count). The molecule has 4 aromatic rings. The number of fused-ring (bicyclic) bond motifs is 1. The second-order valence-corrected chi connectivity index (χ2v) is 7.82. The smallest absolute Gasteiger partial charge is 0.329 e. The molecule has 34 heavy (non-hydrogen) atoms. The SMILES string of the molecule is Cn1c(=O)[nH]c(=O)c2c1nc(N/N=C/c1ccccc1O)n2C[C@@H](O)COc1ccc(Cl)cc1. The van der Waals surface area contributed by atoms with Crippen molar-refractivity contribution in [1.82, 2.24) is 19.1 Å². The largest absolute Gasteiger partial charge is 0.507 e. The van der Waals surface area contributed by atoms with Crippen LogP contribution in [-0.2, 0) is 13.6 Å². The van der Waals surface area contributed by atoms with E-state index in [2.05, 4.69) is 20.5 Å². The molecule has 0 spiro atoms. The lowest BCUT2D eigenvalue weighted by molar-refractivity contribution is 0.0938. The number of aromatic nitrogens is 4. The summed E-state index contributed by atoms with van der Waals surface area (Å²) in [7, 11) is 1.47. The van der Waals surface area contributed by atoms with E-state index in [9.17, 15) is 19.8 Å². The van der Waals surface area contributed by atoms with Crippen LogP contribution in [0.25, 0.3) is 11.2 Å². The Kier molecular flexibility index (Phi) is 6.66. The van der Waals surface area contributed by atoms with E-state index in [1.54, 1.807) is 42.5 Å². The van der Waals surface area contributed by atoms with E-state index in [1.165, 1.54) is 28.5 Å². The Bertz CT molecular complexity index is 1460. The van der Waals surface area contributed by atoms with Crippen LogP contribution in [0.5, 0.6) is 11.5 Å². The van der Waals surface area contributed by atoms with Crippen molar-refractivity contribution in [3.63, 3.8) is 0 Å². The zero-order chi connectivity index (χ0) is 24.2. The third-order valence-electron chi connectivity index (χ3n) is 4.96. The van der Waals surface area contributed by atoms with Gasteiger partial charge in [-0.05, 0) is 36.4 Å². The minimum atomic E-state index is -1.03. The van der Waals surface area contributed by atoms with Crippen LogP contribution < -0.4 is 21.4 Å². The highest BCUT2D eigenvalue weighted by atomic mass is 35.5. The van der Waals surface area contributed by atoms with E-state index in [4.69, 9.17) is 16.3 Å². The Morgan fingerprint density at radius 3 is 2.71 bits per heavy atom. The molecule has 0 bridgehead atoms. The summed E-state index contributed by atoms with van der Waals surface area (Å²) >= 11 is 5.87. The Morgan fingerprint density at radius 2 is 1.97 bits per heavy atom. The topological polar surface area (TPSA) is 147 Å². The molecule has 2 aromatic carbocycles. The molecular weight excluding hydrogens is 464 g/mol. The maximum absolute atomic E-state index is 12.6. The average molecular weight is 485 g/mol. The van der Waals surface area contributed by atoms with Gasteiger partial charge in [-0.25, -0.2) is 10.2 Å². The molecule has 0 saturated heterocycles. The molecule has 0 aliphatic carbocycles. The van der Waals surface area contributed by atoms with E-state index in [0.717, 1.165) is 0 Å². The van der Waals surface area contributed by atoms with E-state index in [0.29, 0.717) is 16.3 Å². The van der Waals surface area contributed by atoms with Gasteiger partial charge in [0.15, 0.2) is 11.2 Å². The number of hydrogen-bond acceptors (Lipinski definition) is 8. The number of para-hydroxylation sites is 1. The zero-order valence-corrected chi connectivity index (χ0v) is 18.7. The number of phenolic OH excluding ortho intramolecular Hbond substituents is 1. The molecule has 0 radical (unpaired) electrons. The molecule has 12 heteroatoms. The van der Waals surface area contributed by atoms with Crippen molar-refractivity contribution in [2.45, 2.75) is 12.6 Å². The maximum atomic E-state index is 12.6. The Hall–Kier alpha value is -4.09. The molecule has 0 aliphatic rings. The lowest BCUT2D eigenvalue weighted by Gasteiger charge is -2.15. The van der Waals surface area contributed by atoms with Crippen LogP contribution >= 0.6 is 11.6 Å². The lowest BCUT2D eigenvalue weighted by atomic mass is 10.2. The number of rotatable bonds is 8. The highest BCUT2D eigenvalue weighted by molar-refractivity contribution is 6.30. The second-order valence-electron chi connectivity index (χ2n) is 7.38. The minimum absolute atomic E-state index is 0.0372. The molecule has 0 unspecified atom stereocenters. The minimum Gasteiger partial charge on any atom is -0.507 e. The molecule has 0 saturated carbocycles. The van der Waals surface area contributed by atoms with Gasteiger partial charge >= 0.3 is 5.69 Å². The van der Waals surface area contributed by atoms with Gasteiger partial charge < -0.3 is 19.5 Å². The maximum Gasteiger partial charge on any atom is 0.329 e. The molecule has 4 N–H and O–H groups in total. The summed E-state index contributed by atoms with van der Waals surface area (Å²) in [6, 6.07) is 13.3. The molecule has 2 aromatic heterocycles. The number of hydrogen-bond donors (Lipinski definition) is 4. The van der Waals surface area contributed by atoms with Crippen LogP contribution in [0.1, 0.15) is 5.56 Å². The van der Waals surface area contributed by atoms with Crippen molar-refractivity contribution in [2.75, 3.05) is 12.0 Å². The van der Waals surface area contributed by atoms with Crippen molar-refractivity contribution in [2.24, 2.45) is 12.1 Å². The number of nitrogens with one attached hydrogen (secondary N) is 2. The van der Waals surface area contributed by atoms with Crippen LogP contribution in [-0.4, -0.2) is 48.2 Å². The summed E-state index contributed by atoms with van der Waals surface area (Å²) in [6.45, 7) is -0.161. The molecule has 11 nitrogen and oxygen atoms in total. The van der Waals surface area contributed by atoms with Crippen molar-refractivity contribution >= 4 is 34.9 Å². The number of aromatic hydroxyl groups is 1. The first-order valence-electron chi connectivity index (χ1n) is 10.2. The van der Waals surface area contributed by atoms with E-state index in [1.807, 2.05) is 0 Å². The van der Waals surface area contributed by atoms with Gasteiger partial charge in [0, 0.05) is 17.6 Å². The standard InChI is InChI=1S/C22H21ClN6O5/c1-28-19-18(20(32)26-22(28)33)29(11-15(30)12-34-16-8-6-14(23)7-9-16)21(25-19)27-24-10-13-4-2-3-5-17(13)31/h2-10,15,30-31H,11-12H2,1H3,(H,25,27)(H,26,32,33)/b24-10+/t15-/m1/s1. The van der Waals surface area contributed by atoms with Crippen molar-refractivity contribution in [3.05, 3.63) is 80.0 Å². The van der Waals surface area contributed by atoms with Gasteiger partial charge in [-0.3, -0.25) is 14.3 Å². The number of aromatic amines is 1. The summed E-state index contributed by atoms with van der Waals surface area (Å²) in [5.41, 5.74) is 2.07. The van der Waals surface area contributed by atoms with Crippen LogP contribution in [0.4, 0.5) is 5.95 Å². The van der Waals surface area contributed by atoms with Crippen molar-refractivity contribution < 1.29 is 14.9 Å². The Morgan fingerprint density at radius 1 is 1.24 bits per heavy atom. The predicted molar refractivity (Wildman–Crippen MR) is 128 cm³/mol. The first kappa shape index (κ1) is 23.1. The highest BCUT2D eigenvalue weighted by Crippen LogP contribution is 2.19. The fraction of sp³-hybridized carbons (Fsp3) is 0.182. The molecule has 0 amide bonds. The fourth-order valence-electron chi connectivity index (χ4n) is 3.24. The highest BCUT2D eigenvalue weighted by Gasteiger charge is 2.20. The number of imidazole rings is 1. The quantitative estimate of drug-likeness (QED) is 0.220. The van der Waals surface area contributed by atoms with Gasteiger partial charge in [-0.1, -0.05) is 23.7 Å². The number of hydrazone groups is 1. The molecule has 1 atom stereocenters. The fourth-order valence-corrected chi connectivity index (χ4v) is 3.37. The van der Waals surface area contributed by atoms with Gasteiger partial charge in [0.05, 0.1) is 12.8 Å². The lowest BCUT2D eigenvalue weighted by Crippen LogP contribution is -2.30. The van der Waals surface area contributed by atoms with Gasteiger partial charge in [0.2, 0.25) is 5.95 Å². The van der Waals surface area contributed by atoms with Crippen LogP contribution in [0.2, 0.25) is 5.02 Å². The summed E-state index contributed by atoms with van der Waals surface area (Å²) < 4.78 is 8.18. The third-order valence-corrected chi connectivity index (χ3v) is 5.21. The van der Waals surface area contributed by atoms with Crippen LogP contribution in [0, 0.1) is 0 Å². The number of benzene rings is 2. The third kappa shape index (κ3) is 4.95. The number of phenols is 1. The number of nitrogens with zero attached hydrogens (tertiary/aromatic N) is 4. The van der Waals surface area contributed by atoms with Gasteiger partial charge in [-0.2, -0.15) is 10.1 Å². The average Bonchev–Trinajstić information content (AvgIpc) is 3.17. The number of ether oxygens (including phenoxy) is 1. The van der Waals surface area contributed by atoms with E-state index < -0.39 is 17.4 Å². The number of aryl methyl sites for hydroxylation is 1. The van der Waals surface area contributed by atoms with E-state index in [-0.39, 0.29) is 36.0 Å². The summed E-state index contributed by atoms with van der Waals surface area (Å²) in [4.78, 5) is 31.1. The van der Waals surface area contributed by atoms with Crippen molar-refractivity contribution in [1.29, 1.82) is 0 Å². The molecule has 0 fully saturated rings. The van der Waals surface area contributed by atoms with E-state index >= 15 is 0 Å². The van der Waals surface area contributed by atoms with Crippen molar-refractivity contribution in [3.8, 4) is 11.5 Å². The number of halogens is 1. The number of anilines is 1. The molecule has 2 heterocycles.